The first-order valence-electron chi connectivity index (χ1n) is 11.7. The summed E-state index contributed by atoms with van der Waals surface area (Å²) in [5.74, 6) is 0.382. The molecule has 0 unspecified atom stereocenters. The van der Waals surface area contributed by atoms with E-state index in [-0.39, 0.29) is 17.2 Å². The van der Waals surface area contributed by atoms with Gasteiger partial charge in [-0.2, -0.15) is 4.72 Å². The van der Waals surface area contributed by atoms with Gasteiger partial charge in [0, 0.05) is 6.07 Å². The lowest BCUT2D eigenvalue weighted by molar-refractivity contribution is -0.123. The standard InChI is InChI=1S/C26H28BN3O4S/c27-24(17-20-10-7-11-20)29-26(31)23(16-19-8-3-1-4-9-19)30-35(32,33)22-14-15-25(28-18-22)34-21-12-5-2-6-13-21/h1-6,8-9,12-15,18,20,23-24,30H,7,10-11,16-17H2,(H,29,31)/t23-,24-/m0/s1. The third-order valence-corrected chi connectivity index (χ3v) is 7.48. The van der Waals surface area contributed by atoms with E-state index in [9.17, 15) is 13.2 Å². The maximum Gasteiger partial charge on any atom is 0.242 e. The van der Waals surface area contributed by atoms with Gasteiger partial charge in [-0.25, -0.2) is 13.4 Å². The van der Waals surface area contributed by atoms with Crippen molar-refractivity contribution in [2.75, 3.05) is 0 Å². The Kier molecular flexibility index (Phi) is 8.20. The lowest BCUT2D eigenvalue weighted by Crippen LogP contribution is -2.51. The van der Waals surface area contributed by atoms with Crippen molar-refractivity contribution in [2.45, 2.75) is 49.0 Å². The fraction of sp³-hybridized carbons (Fsp3) is 0.308. The lowest BCUT2D eigenvalue weighted by atomic mass is 9.76. The Morgan fingerprint density at radius 2 is 1.71 bits per heavy atom. The number of benzene rings is 2. The molecule has 0 saturated heterocycles. The van der Waals surface area contributed by atoms with Crippen molar-refractivity contribution in [1.29, 1.82) is 0 Å². The second-order valence-corrected chi connectivity index (χ2v) is 10.5. The Labute approximate surface area is 207 Å². The molecule has 1 aromatic heterocycles. The van der Waals surface area contributed by atoms with Crippen molar-refractivity contribution in [3.05, 3.63) is 84.6 Å². The Morgan fingerprint density at radius 1 is 1.03 bits per heavy atom. The number of hydrogen-bond donors (Lipinski definition) is 2. The highest BCUT2D eigenvalue weighted by Crippen LogP contribution is 2.30. The summed E-state index contributed by atoms with van der Waals surface area (Å²) in [6.45, 7) is 0. The molecule has 2 atom stereocenters. The topological polar surface area (TPSA) is 97.4 Å². The van der Waals surface area contributed by atoms with Gasteiger partial charge in [-0.05, 0) is 48.5 Å². The zero-order valence-corrected chi connectivity index (χ0v) is 20.2. The van der Waals surface area contributed by atoms with E-state index in [1.807, 2.05) is 48.5 Å². The van der Waals surface area contributed by atoms with Crippen LogP contribution in [-0.4, -0.2) is 39.1 Å². The van der Waals surface area contributed by atoms with Crippen LogP contribution < -0.4 is 14.8 Å². The maximum absolute atomic E-state index is 13.1. The number of aromatic nitrogens is 1. The minimum atomic E-state index is -4.04. The first-order chi connectivity index (χ1) is 16.9. The maximum atomic E-state index is 13.1. The van der Waals surface area contributed by atoms with Gasteiger partial charge < -0.3 is 10.1 Å². The van der Waals surface area contributed by atoms with Gasteiger partial charge >= 0.3 is 0 Å². The van der Waals surface area contributed by atoms with Gasteiger partial charge in [0.15, 0.2) is 0 Å². The molecule has 1 saturated carbocycles. The van der Waals surface area contributed by atoms with E-state index >= 15 is 0 Å². The summed E-state index contributed by atoms with van der Waals surface area (Å²) in [4.78, 5) is 17.1. The average Bonchev–Trinajstić information content (AvgIpc) is 2.82. The van der Waals surface area contributed by atoms with Crippen molar-refractivity contribution in [1.82, 2.24) is 15.0 Å². The Balaban J connectivity index is 1.46. The third kappa shape index (κ3) is 7.16. The van der Waals surface area contributed by atoms with Crippen molar-refractivity contribution in [3.8, 4) is 11.6 Å². The van der Waals surface area contributed by atoms with Crippen LogP contribution in [-0.2, 0) is 21.2 Å². The number of nitrogens with zero attached hydrogens (tertiary/aromatic N) is 1. The molecule has 0 bridgehead atoms. The summed E-state index contributed by atoms with van der Waals surface area (Å²) in [7, 11) is 2.10. The molecular weight excluding hydrogens is 461 g/mol. The fourth-order valence-electron chi connectivity index (χ4n) is 3.92. The number of rotatable bonds is 11. The molecule has 4 rings (SSSR count). The van der Waals surface area contributed by atoms with Gasteiger partial charge in [-0.3, -0.25) is 4.79 Å². The molecule has 180 valence electrons. The minimum absolute atomic E-state index is 0.0671. The van der Waals surface area contributed by atoms with E-state index in [4.69, 9.17) is 12.6 Å². The highest BCUT2D eigenvalue weighted by atomic mass is 32.2. The van der Waals surface area contributed by atoms with Gasteiger partial charge in [0.1, 0.15) is 16.7 Å². The van der Waals surface area contributed by atoms with E-state index in [0.29, 0.717) is 18.1 Å². The largest absolute Gasteiger partial charge is 0.439 e. The predicted octanol–water partition coefficient (Wildman–Crippen LogP) is 3.56. The summed E-state index contributed by atoms with van der Waals surface area (Å²) >= 11 is 0. The molecule has 1 aliphatic carbocycles. The summed E-state index contributed by atoms with van der Waals surface area (Å²) in [5, 5.41) is 2.79. The summed E-state index contributed by atoms with van der Waals surface area (Å²) in [6, 6.07) is 20.2. The zero-order valence-electron chi connectivity index (χ0n) is 19.3. The van der Waals surface area contributed by atoms with Crippen molar-refractivity contribution >= 4 is 23.8 Å². The van der Waals surface area contributed by atoms with Crippen LogP contribution >= 0.6 is 0 Å². The second-order valence-electron chi connectivity index (χ2n) is 8.76. The lowest BCUT2D eigenvalue weighted by Gasteiger charge is -2.29. The molecule has 35 heavy (non-hydrogen) atoms. The number of sulfonamides is 1. The summed E-state index contributed by atoms with van der Waals surface area (Å²) in [6.07, 6.45) is 5.49. The van der Waals surface area contributed by atoms with Crippen molar-refractivity contribution < 1.29 is 17.9 Å². The van der Waals surface area contributed by atoms with Crippen LogP contribution in [0, 0.1) is 5.92 Å². The number of nitrogens with one attached hydrogen (secondary N) is 2. The zero-order chi connectivity index (χ0) is 24.7. The van der Waals surface area contributed by atoms with Gasteiger partial charge in [0.05, 0.1) is 14.0 Å². The highest BCUT2D eigenvalue weighted by molar-refractivity contribution is 7.89. The number of ether oxygens (including phenoxy) is 1. The molecule has 1 amide bonds. The molecule has 3 aromatic rings. The molecule has 2 radical (unpaired) electrons. The molecule has 2 aromatic carbocycles. The van der Waals surface area contributed by atoms with Gasteiger partial charge in [-0.15, -0.1) is 0 Å². The quantitative estimate of drug-likeness (QED) is 0.402. The Bertz CT molecular complexity index is 1200. The number of carbonyl (C=O) groups excluding carboxylic acids is 1. The van der Waals surface area contributed by atoms with E-state index in [2.05, 4.69) is 15.0 Å². The minimum Gasteiger partial charge on any atom is -0.439 e. The summed E-state index contributed by atoms with van der Waals surface area (Å²) in [5.41, 5.74) is 0.827. The van der Waals surface area contributed by atoms with E-state index in [1.54, 1.807) is 12.1 Å². The molecule has 1 aliphatic rings. The first kappa shape index (κ1) is 24.9. The van der Waals surface area contributed by atoms with Crippen molar-refractivity contribution in [2.24, 2.45) is 5.92 Å². The Morgan fingerprint density at radius 3 is 2.31 bits per heavy atom. The SMILES string of the molecule is [B][C@H](CC1CCC1)NC(=O)[C@H](Cc1ccccc1)NS(=O)(=O)c1ccc(Oc2ccccc2)nc1. The smallest absolute Gasteiger partial charge is 0.242 e. The number of carbonyl (C=O) groups is 1. The van der Waals surface area contributed by atoms with Crippen molar-refractivity contribution in [3.63, 3.8) is 0 Å². The van der Waals surface area contributed by atoms with Crippen LogP contribution in [0.1, 0.15) is 31.2 Å². The highest BCUT2D eigenvalue weighted by Gasteiger charge is 2.28. The normalized spacial score (nSPS) is 15.5. The summed E-state index contributed by atoms with van der Waals surface area (Å²) < 4.78 is 34.4. The van der Waals surface area contributed by atoms with Gasteiger partial charge in [-0.1, -0.05) is 67.8 Å². The number of hydrogen-bond acceptors (Lipinski definition) is 5. The van der Waals surface area contributed by atoms with Crippen LogP contribution in [0.15, 0.2) is 83.9 Å². The van der Waals surface area contributed by atoms with Crippen LogP contribution in [0.2, 0.25) is 0 Å². The van der Waals surface area contributed by atoms with E-state index in [1.165, 1.54) is 24.8 Å². The van der Waals surface area contributed by atoms with Crippen LogP contribution in [0.4, 0.5) is 0 Å². The monoisotopic (exact) mass is 489 g/mol. The van der Waals surface area contributed by atoms with Gasteiger partial charge in [0.2, 0.25) is 21.8 Å². The molecule has 7 nitrogen and oxygen atoms in total. The number of para-hydroxylation sites is 1. The second kappa shape index (κ2) is 11.5. The van der Waals surface area contributed by atoms with E-state index in [0.717, 1.165) is 18.4 Å². The number of pyridine rings is 1. The third-order valence-electron chi connectivity index (χ3n) is 6.02. The molecule has 1 fully saturated rings. The van der Waals surface area contributed by atoms with Crippen LogP contribution in [0.3, 0.4) is 0 Å². The molecule has 0 aliphatic heterocycles. The van der Waals surface area contributed by atoms with Crippen LogP contribution in [0.25, 0.3) is 0 Å². The van der Waals surface area contributed by atoms with Crippen LogP contribution in [0.5, 0.6) is 11.6 Å². The average molecular weight is 489 g/mol. The molecule has 9 heteroatoms. The van der Waals surface area contributed by atoms with E-state index < -0.39 is 27.9 Å². The first-order valence-corrected chi connectivity index (χ1v) is 13.2. The van der Waals surface area contributed by atoms with Gasteiger partial charge in [0.25, 0.3) is 0 Å². The predicted molar refractivity (Wildman–Crippen MR) is 135 cm³/mol. The Hall–Kier alpha value is -3.17. The molecule has 1 heterocycles. The molecular formula is C26H28BN3O4S. The molecule has 2 N–H and O–H groups in total. The molecule has 0 spiro atoms. The fourth-order valence-corrected chi connectivity index (χ4v) is 5.06. The number of amides is 1.